The highest BCUT2D eigenvalue weighted by atomic mass is 79.9. The summed E-state index contributed by atoms with van der Waals surface area (Å²) in [5.41, 5.74) is 6.40. The van der Waals surface area contributed by atoms with E-state index >= 15 is 0 Å². The van der Waals surface area contributed by atoms with Gasteiger partial charge in [0.25, 0.3) is 5.91 Å². The minimum absolute atomic E-state index is 0.148. The van der Waals surface area contributed by atoms with Crippen molar-refractivity contribution in [2.45, 2.75) is 20.5 Å². The lowest BCUT2D eigenvalue weighted by molar-refractivity contribution is -0.123. The van der Waals surface area contributed by atoms with Crippen molar-refractivity contribution in [3.8, 4) is 23.3 Å². The van der Waals surface area contributed by atoms with Gasteiger partial charge in [-0.25, -0.2) is 5.43 Å². The van der Waals surface area contributed by atoms with E-state index in [4.69, 9.17) is 14.2 Å². The van der Waals surface area contributed by atoms with Gasteiger partial charge in [0.05, 0.1) is 25.0 Å². The van der Waals surface area contributed by atoms with Gasteiger partial charge >= 0.3 is 0 Å². The van der Waals surface area contributed by atoms with Crippen LogP contribution in [-0.4, -0.2) is 25.8 Å². The Bertz CT molecular complexity index is 1230. The van der Waals surface area contributed by atoms with Crippen LogP contribution in [0.4, 0.5) is 0 Å². The fraction of sp³-hybridized carbons (Fsp3) is 0.192. The Labute approximate surface area is 207 Å². The van der Waals surface area contributed by atoms with Crippen LogP contribution in [0.15, 0.2) is 64.2 Å². The Morgan fingerprint density at radius 1 is 1.09 bits per heavy atom. The minimum Gasteiger partial charge on any atom is -0.493 e. The quantitative estimate of drug-likeness (QED) is 0.314. The molecule has 1 N–H and O–H groups in total. The number of ether oxygens (including phenoxy) is 3. The van der Waals surface area contributed by atoms with Crippen molar-refractivity contribution in [3.05, 3.63) is 86.9 Å². The molecule has 34 heavy (non-hydrogen) atoms. The average Bonchev–Trinajstić information content (AvgIpc) is 2.83. The average molecular weight is 522 g/mol. The van der Waals surface area contributed by atoms with Crippen LogP contribution in [0.5, 0.6) is 17.2 Å². The first-order chi connectivity index (χ1) is 16.4. The fourth-order valence-electron chi connectivity index (χ4n) is 3.20. The van der Waals surface area contributed by atoms with E-state index in [1.807, 2.05) is 50.2 Å². The van der Waals surface area contributed by atoms with E-state index in [0.29, 0.717) is 32.8 Å². The summed E-state index contributed by atoms with van der Waals surface area (Å²) in [6, 6.07) is 18.7. The summed E-state index contributed by atoms with van der Waals surface area (Å²) < 4.78 is 17.7. The molecule has 0 unspecified atom stereocenters. The van der Waals surface area contributed by atoms with E-state index in [1.54, 1.807) is 18.2 Å². The van der Waals surface area contributed by atoms with Crippen molar-refractivity contribution in [3.63, 3.8) is 0 Å². The van der Waals surface area contributed by atoms with Gasteiger partial charge in [-0.2, -0.15) is 10.4 Å². The maximum absolute atomic E-state index is 12.1. The predicted octanol–water partition coefficient (Wildman–Crippen LogP) is 5.05. The molecule has 0 spiro atoms. The summed E-state index contributed by atoms with van der Waals surface area (Å²) in [6.07, 6.45) is 1.50. The molecule has 3 aromatic carbocycles. The van der Waals surface area contributed by atoms with Crippen LogP contribution in [0.25, 0.3) is 0 Å². The topological polar surface area (TPSA) is 92.9 Å². The number of para-hydroxylation sites is 1. The predicted molar refractivity (Wildman–Crippen MR) is 133 cm³/mol. The van der Waals surface area contributed by atoms with Gasteiger partial charge in [0, 0.05) is 15.6 Å². The smallest absolute Gasteiger partial charge is 0.277 e. The fourth-order valence-corrected chi connectivity index (χ4v) is 3.63. The van der Waals surface area contributed by atoms with Crippen LogP contribution in [-0.2, 0) is 11.4 Å². The molecule has 0 saturated carbocycles. The lowest BCUT2D eigenvalue weighted by Crippen LogP contribution is -2.25. The third kappa shape index (κ3) is 6.36. The first kappa shape index (κ1) is 24.8. The van der Waals surface area contributed by atoms with Crippen molar-refractivity contribution in [2.75, 3.05) is 13.7 Å². The van der Waals surface area contributed by atoms with E-state index in [1.165, 1.54) is 13.3 Å². The number of carbonyl (C=O) groups excluding carboxylic acids is 1. The van der Waals surface area contributed by atoms with Gasteiger partial charge in [0.1, 0.15) is 12.4 Å². The number of hydrogen-bond donors (Lipinski definition) is 1. The second-order valence-electron chi connectivity index (χ2n) is 7.38. The molecule has 0 fully saturated rings. The maximum atomic E-state index is 12.1. The van der Waals surface area contributed by atoms with E-state index < -0.39 is 0 Å². The second-order valence-corrected chi connectivity index (χ2v) is 8.24. The van der Waals surface area contributed by atoms with Gasteiger partial charge in [-0.1, -0.05) is 36.4 Å². The highest BCUT2D eigenvalue weighted by Crippen LogP contribution is 2.33. The minimum atomic E-state index is -0.377. The number of nitriles is 1. The number of halogens is 1. The van der Waals surface area contributed by atoms with E-state index in [2.05, 4.69) is 32.5 Å². The molecule has 0 aliphatic heterocycles. The molecule has 174 valence electrons. The Kier molecular flexibility index (Phi) is 8.66. The highest BCUT2D eigenvalue weighted by molar-refractivity contribution is 9.10. The molecule has 0 aromatic heterocycles. The third-order valence-corrected chi connectivity index (χ3v) is 5.64. The van der Waals surface area contributed by atoms with Crippen LogP contribution in [0.1, 0.15) is 27.8 Å². The molecule has 7 nitrogen and oxygen atoms in total. The number of amides is 1. The van der Waals surface area contributed by atoms with E-state index in [-0.39, 0.29) is 19.1 Å². The number of hydrazone groups is 1. The Morgan fingerprint density at radius 3 is 2.53 bits per heavy atom. The molecule has 0 heterocycles. The zero-order chi connectivity index (χ0) is 24.5. The molecule has 3 rings (SSSR count). The monoisotopic (exact) mass is 521 g/mol. The maximum Gasteiger partial charge on any atom is 0.277 e. The first-order valence-corrected chi connectivity index (χ1v) is 11.2. The van der Waals surface area contributed by atoms with Gasteiger partial charge in [-0.3, -0.25) is 4.79 Å². The Morgan fingerprint density at radius 2 is 1.82 bits per heavy atom. The van der Waals surface area contributed by atoms with E-state index in [0.717, 1.165) is 16.7 Å². The number of benzene rings is 3. The molecule has 0 saturated heterocycles. The number of carbonyl (C=O) groups is 1. The van der Waals surface area contributed by atoms with Gasteiger partial charge < -0.3 is 14.2 Å². The number of methoxy groups -OCH3 is 1. The van der Waals surface area contributed by atoms with Gasteiger partial charge in [0.15, 0.2) is 18.1 Å². The van der Waals surface area contributed by atoms with Crippen molar-refractivity contribution in [2.24, 2.45) is 5.10 Å². The van der Waals surface area contributed by atoms with Gasteiger partial charge in [0.2, 0.25) is 0 Å². The van der Waals surface area contributed by atoms with Crippen molar-refractivity contribution in [1.82, 2.24) is 5.43 Å². The molecular weight excluding hydrogens is 498 g/mol. The normalized spacial score (nSPS) is 10.6. The Hall–Kier alpha value is -3.83. The molecule has 0 bridgehead atoms. The molecule has 0 radical (unpaired) electrons. The summed E-state index contributed by atoms with van der Waals surface area (Å²) in [7, 11) is 1.53. The third-order valence-electron chi connectivity index (χ3n) is 4.95. The largest absolute Gasteiger partial charge is 0.493 e. The summed E-state index contributed by atoms with van der Waals surface area (Å²) in [5.74, 6) is 1.31. The molecule has 0 aliphatic rings. The van der Waals surface area contributed by atoms with Crippen LogP contribution in [0, 0.1) is 25.2 Å². The second kappa shape index (κ2) is 11.9. The summed E-state index contributed by atoms with van der Waals surface area (Å²) in [6.45, 7) is 3.93. The zero-order valence-electron chi connectivity index (χ0n) is 19.1. The summed E-state index contributed by atoms with van der Waals surface area (Å²) >= 11 is 3.49. The van der Waals surface area contributed by atoms with Gasteiger partial charge in [-0.15, -0.1) is 0 Å². The number of rotatable bonds is 9. The molecule has 8 heteroatoms. The van der Waals surface area contributed by atoms with E-state index in [9.17, 15) is 10.1 Å². The summed E-state index contributed by atoms with van der Waals surface area (Å²) in [5, 5.41) is 13.3. The van der Waals surface area contributed by atoms with Crippen LogP contribution >= 0.6 is 15.9 Å². The van der Waals surface area contributed by atoms with Crippen LogP contribution in [0.3, 0.4) is 0 Å². The molecular formula is C26H24BrN3O4. The molecule has 0 aliphatic carbocycles. The SMILES string of the molecule is COc1cc(/C=N\NC(=O)COc2c(C)cccc2C)c(Br)cc1OCc1ccccc1C#N. The van der Waals surface area contributed by atoms with Crippen molar-refractivity contribution < 1.29 is 19.0 Å². The molecule has 1 amide bonds. The van der Waals surface area contributed by atoms with Crippen molar-refractivity contribution >= 4 is 28.1 Å². The standard InChI is InChI=1S/C26H24BrN3O4/c1-17-7-6-8-18(2)26(17)34-16-25(31)30-29-14-21-11-23(32-3)24(12-22(21)27)33-15-20-10-5-4-9-19(20)13-28/h4-12,14H,15-16H2,1-3H3,(H,30,31)/b29-14-. The Balaban J connectivity index is 1.62. The number of nitrogens with zero attached hydrogens (tertiary/aromatic N) is 2. The number of hydrogen-bond acceptors (Lipinski definition) is 6. The lowest BCUT2D eigenvalue weighted by Gasteiger charge is -2.13. The molecule has 0 atom stereocenters. The first-order valence-electron chi connectivity index (χ1n) is 10.4. The molecule has 3 aromatic rings. The van der Waals surface area contributed by atoms with Crippen LogP contribution < -0.4 is 19.6 Å². The van der Waals surface area contributed by atoms with Gasteiger partial charge in [-0.05, 0) is 59.1 Å². The zero-order valence-corrected chi connectivity index (χ0v) is 20.7. The lowest BCUT2D eigenvalue weighted by atomic mass is 10.1. The number of nitrogens with one attached hydrogen (secondary N) is 1. The number of aryl methyl sites for hydroxylation is 2. The van der Waals surface area contributed by atoms with Crippen molar-refractivity contribution in [1.29, 1.82) is 5.26 Å². The van der Waals surface area contributed by atoms with Crippen LogP contribution in [0.2, 0.25) is 0 Å². The highest BCUT2D eigenvalue weighted by Gasteiger charge is 2.11. The summed E-state index contributed by atoms with van der Waals surface area (Å²) in [4.78, 5) is 12.1.